The van der Waals surface area contributed by atoms with Crippen LogP contribution in [-0.4, -0.2) is 47.1 Å². The maximum atomic E-state index is 11.3. The highest BCUT2D eigenvalue weighted by atomic mass is 16.5. The van der Waals surface area contributed by atoms with Gasteiger partial charge >= 0.3 is 6.01 Å². The first kappa shape index (κ1) is 12.6. The van der Waals surface area contributed by atoms with Gasteiger partial charge in [0.25, 0.3) is 0 Å². The molecular weight excluding hydrogens is 234 g/mol. The van der Waals surface area contributed by atoms with E-state index in [0.29, 0.717) is 12.4 Å². The van der Waals surface area contributed by atoms with Gasteiger partial charge in [-0.05, 0) is 12.8 Å². The number of carbonyl (C=O) groups excluding carboxylic acids is 1. The summed E-state index contributed by atoms with van der Waals surface area (Å²) in [5.74, 6) is 0.570. The zero-order chi connectivity index (χ0) is 13.0. The van der Waals surface area contributed by atoms with E-state index in [1.54, 1.807) is 24.1 Å². The first-order valence-electron chi connectivity index (χ1n) is 5.98. The molecule has 1 unspecified atom stereocenters. The van der Waals surface area contributed by atoms with Crippen molar-refractivity contribution in [2.45, 2.75) is 25.9 Å². The number of nitrogens with zero attached hydrogens (tertiary/aromatic N) is 3. The lowest BCUT2D eigenvalue weighted by Crippen LogP contribution is -2.43. The third-order valence-corrected chi connectivity index (χ3v) is 2.90. The lowest BCUT2D eigenvalue weighted by Gasteiger charge is -2.31. The maximum absolute atomic E-state index is 11.3. The number of rotatable bonds is 3. The third-order valence-electron chi connectivity index (χ3n) is 2.90. The molecule has 1 atom stereocenters. The summed E-state index contributed by atoms with van der Waals surface area (Å²) in [5, 5.41) is 0. The van der Waals surface area contributed by atoms with Gasteiger partial charge in [-0.1, -0.05) is 0 Å². The summed E-state index contributed by atoms with van der Waals surface area (Å²) < 4.78 is 10.7. The number of likely N-dealkylation sites (tertiary alicyclic amines) is 1. The molecule has 1 aromatic rings. The summed E-state index contributed by atoms with van der Waals surface area (Å²) in [7, 11) is 1.51. The Balaban J connectivity index is 1.97. The standard InChI is InChI=1S/C12H17N3O3/c1-9(16)15-7-3-4-10(8-15)18-11-5-6-13-12(14-11)17-2/h5-6,10H,3-4,7-8H2,1-2H3. The number of amides is 1. The zero-order valence-electron chi connectivity index (χ0n) is 10.6. The maximum Gasteiger partial charge on any atom is 0.319 e. The molecule has 1 amide bonds. The Morgan fingerprint density at radius 3 is 3.11 bits per heavy atom. The van der Waals surface area contributed by atoms with Crippen LogP contribution >= 0.6 is 0 Å². The summed E-state index contributed by atoms with van der Waals surface area (Å²) in [5.41, 5.74) is 0. The van der Waals surface area contributed by atoms with Crippen molar-refractivity contribution in [3.05, 3.63) is 12.3 Å². The van der Waals surface area contributed by atoms with Crippen LogP contribution in [0.5, 0.6) is 11.9 Å². The molecule has 2 heterocycles. The van der Waals surface area contributed by atoms with Gasteiger partial charge in [-0.15, -0.1) is 0 Å². The van der Waals surface area contributed by atoms with Gasteiger partial charge in [-0.3, -0.25) is 4.79 Å². The normalized spacial score (nSPS) is 19.4. The summed E-state index contributed by atoms with van der Waals surface area (Å²) >= 11 is 0. The fourth-order valence-electron chi connectivity index (χ4n) is 1.98. The first-order valence-corrected chi connectivity index (χ1v) is 5.98. The van der Waals surface area contributed by atoms with Crippen LogP contribution < -0.4 is 9.47 Å². The molecule has 0 bridgehead atoms. The highest BCUT2D eigenvalue weighted by Gasteiger charge is 2.23. The Morgan fingerprint density at radius 1 is 1.56 bits per heavy atom. The van der Waals surface area contributed by atoms with Crippen molar-refractivity contribution >= 4 is 5.91 Å². The van der Waals surface area contributed by atoms with Crippen LogP contribution in [0.2, 0.25) is 0 Å². The number of carbonyl (C=O) groups is 1. The minimum absolute atomic E-state index is 0.0118. The van der Waals surface area contributed by atoms with Crippen LogP contribution in [0.4, 0.5) is 0 Å². The molecule has 0 aromatic carbocycles. The molecule has 1 aliphatic rings. The van der Waals surface area contributed by atoms with E-state index in [1.165, 1.54) is 7.11 Å². The molecule has 98 valence electrons. The van der Waals surface area contributed by atoms with E-state index in [9.17, 15) is 4.79 Å². The zero-order valence-corrected chi connectivity index (χ0v) is 10.6. The molecule has 1 aromatic heterocycles. The molecule has 2 rings (SSSR count). The second kappa shape index (κ2) is 5.66. The van der Waals surface area contributed by atoms with Gasteiger partial charge in [0.2, 0.25) is 11.8 Å². The lowest BCUT2D eigenvalue weighted by atomic mass is 10.1. The molecule has 1 aliphatic heterocycles. The van der Waals surface area contributed by atoms with E-state index in [-0.39, 0.29) is 18.0 Å². The number of ether oxygens (including phenoxy) is 2. The van der Waals surface area contributed by atoms with Crippen molar-refractivity contribution in [2.24, 2.45) is 0 Å². The van der Waals surface area contributed by atoms with Crippen molar-refractivity contribution in [3.8, 4) is 11.9 Å². The van der Waals surface area contributed by atoms with Crippen LogP contribution in [0.25, 0.3) is 0 Å². The van der Waals surface area contributed by atoms with E-state index in [0.717, 1.165) is 19.4 Å². The van der Waals surface area contributed by atoms with Gasteiger partial charge in [0.1, 0.15) is 6.10 Å². The number of aromatic nitrogens is 2. The molecule has 1 saturated heterocycles. The van der Waals surface area contributed by atoms with Crippen LogP contribution in [0.3, 0.4) is 0 Å². The van der Waals surface area contributed by atoms with Crippen molar-refractivity contribution in [1.29, 1.82) is 0 Å². The molecule has 1 fully saturated rings. The van der Waals surface area contributed by atoms with Gasteiger partial charge in [0.05, 0.1) is 13.7 Å². The number of hydrogen-bond donors (Lipinski definition) is 0. The van der Waals surface area contributed by atoms with E-state index in [4.69, 9.17) is 9.47 Å². The Labute approximate surface area is 106 Å². The molecule has 0 radical (unpaired) electrons. The van der Waals surface area contributed by atoms with Crippen molar-refractivity contribution < 1.29 is 14.3 Å². The number of methoxy groups -OCH3 is 1. The second-order valence-electron chi connectivity index (χ2n) is 4.23. The molecule has 6 heteroatoms. The van der Waals surface area contributed by atoms with E-state index in [2.05, 4.69) is 9.97 Å². The van der Waals surface area contributed by atoms with Crippen molar-refractivity contribution in [2.75, 3.05) is 20.2 Å². The third kappa shape index (κ3) is 3.09. The lowest BCUT2D eigenvalue weighted by molar-refractivity contribution is -0.131. The fourth-order valence-corrected chi connectivity index (χ4v) is 1.98. The Hall–Kier alpha value is -1.85. The highest BCUT2D eigenvalue weighted by Crippen LogP contribution is 2.17. The van der Waals surface area contributed by atoms with Crippen LogP contribution in [0.15, 0.2) is 12.3 Å². The van der Waals surface area contributed by atoms with Gasteiger partial charge < -0.3 is 14.4 Å². The van der Waals surface area contributed by atoms with Gasteiger partial charge in [-0.2, -0.15) is 4.98 Å². The molecular formula is C12H17N3O3. The van der Waals surface area contributed by atoms with Crippen LogP contribution in [0.1, 0.15) is 19.8 Å². The number of hydrogen-bond acceptors (Lipinski definition) is 5. The Bertz CT molecular complexity index is 425. The van der Waals surface area contributed by atoms with Gasteiger partial charge in [0, 0.05) is 25.7 Å². The molecule has 0 saturated carbocycles. The molecule has 18 heavy (non-hydrogen) atoms. The SMILES string of the molecule is COc1nccc(OC2CCCN(C(C)=O)C2)n1. The Morgan fingerprint density at radius 2 is 2.39 bits per heavy atom. The smallest absolute Gasteiger partial charge is 0.319 e. The first-order chi connectivity index (χ1) is 8.69. The summed E-state index contributed by atoms with van der Waals surface area (Å²) in [6.07, 6.45) is 3.46. The molecule has 0 N–H and O–H groups in total. The average molecular weight is 251 g/mol. The van der Waals surface area contributed by atoms with Crippen LogP contribution in [0, 0.1) is 0 Å². The van der Waals surface area contributed by atoms with E-state index < -0.39 is 0 Å². The van der Waals surface area contributed by atoms with Gasteiger partial charge in [0.15, 0.2) is 0 Å². The van der Waals surface area contributed by atoms with E-state index >= 15 is 0 Å². The molecule has 0 aliphatic carbocycles. The predicted molar refractivity (Wildman–Crippen MR) is 64.5 cm³/mol. The summed E-state index contributed by atoms with van der Waals surface area (Å²) in [4.78, 5) is 21.1. The monoisotopic (exact) mass is 251 g/mol. The minimum atomic E-state index is -0.0118. The molecule has 6 nitrogen and oxygen atoms in total. The predicted octanol–water partition coefficient (Wildman–Crippen LogP) is 0.875. The van der Waals surface area contributed by atoms with Crippen molar-refractivity contribution in [3.63, 3.8) is 0 Å². The van der Waals surface area contributed by atoms with Gasteiger partial charge in [-0.25, -0.2) is 4.98 Å². The summed E-state index contributed by atoms with van der Waals surface area (Å²) in [6, 6.07) is 1.97. The minimum Gasteiger partial charge on any atom is -0.472 e. The topological polar surface area (TPSA) is 64.6 Å². The quantitative estimate of drug-likeness (QED) is 0.797. The second-order valence-corrected chi connectivity index (χ2v) is 4.23. The highest BCUT2D eigenvalue weighted by molar-refractivity contribution is 5.73. The van der Waals surface area contributed by atoms with E-state index in [1.807, 2.05) is 0 Å². The van der Waals surface area contributed by atoms with Crippen molar-refractivity contribution in [1.82, 2.24) is 14.9 Å². The number of piperidine rings is 1. The summed E-state index contributed by atoms with van der Waals surface area (Å²) in [6.45, 7) is 3.00. The molecule has 0 spiro atoms. The average Bonchev–Trinajstić information content (AvgIpc) is 2.39. The fraction of sp³-hybridized carbons (Fsp3) is 0.583. The Kier molecular flexibility index (Phi) is 3.96. The largest absolute Gasteiger partial charge is 0.472 e. The van der Waals surface area contributed by atoms with Crippen LogP contribution in [-0.2, 0) is 4.79 Å².